The molecule has 2 heterocycles. The molecule has 1 aromatic heterocycles. The monoisotopic (exact) mass is 441 g/mol. The highest BCUT2D eigenvalue weighted by molar-refractivity contribution is 7.99. The van der Waals surface area contributed by atoms with Crippen molar-refractivity contribution in [1.82, 2.24) is 10.2 Å². The lowest BCUT2D eigenvalue weighted by Gasteiger charge is -2.32. The number of nitrogens with one attached hydrogen (secondary N) is 1. The molecule has 1 amide bonds. The molecule has 2 aromatic carbocycles. The third-order valence-electron chi connectivity index (χ3n) is 6.08. The highest BCUT2D eigenvalue weighted by Gasteiger charge is 2.27. The molecule has 164 valence electrons. The van der Waals surface area contributed by atoms with Crippen molar-refractivity contribution in [3.8, 4) is 11.3 Å². The molecular formula is C24H28FN3O2S. The van der Waals surface area contributed by atoms with Gasteiger partial charge in [-0.1, -0.05) is 11.9 Å². The van der Waals surface area contributed by atoms with E-state index in [0.29, 0.717) is 28.4 Å². The van der Waals surface area contributed by atoms with Crippen LogP contribution in [-0.4, -0.2) is 51.3 Å². The molecule has 1 aliphatic rings. The standard InChI is InChI=1S/C24H28FN3O2S/c1-26-24(29)22-19-12-18(16-6-5-11-27(2)14-16)20(28(3)31-4)13-21(19)30-23(22)15-7-9-17(25)10-8-15/h7-10,12-13,16H,5-6,11,14H2,1-4H3,(H,26,29)/t16-/m1/s1. The summed E-state index contributed by atoms with van der Waals surface area (Å²) in [6, 6.07) is 10.2. The Morgan fingerprint density at radius 1 is 1.29 bits per heavy atom. The second kappa shape index (κ2) is 8.93. The van der Waals surface area contributed by atoms with Crippen molar-refractivity contribution < 1.29 is 13.6 Å². The Balaban J connectivity index is 1.95. The summed E-state index contributed by atoms with van der Waals surface area (Å²) in [7, 11) is 5.82. The van der Waals surface area contributed by atoms with Crippen LogP contribution in [0.2, 0.25) is 0 Å². The molecule has 0 unspecified atom stereocenters. The number of furan rings is 1. The Morgan fingerprint density at radius 3 is 2.68 bits per heavy atom. The molecule has 1 atom stereocenters. The predicted octanol–water partition coefficient (Wildman–Crippen LogP) is 5.12. The van der Waals surface area contributed by atoms with Crippen molar-refractivity contribution in [1.29, 1.82) is 0 Å². The molecule has 5 nitrogen and oxygen atoms in total. The van der Waals surface area contributed by atoms with Crippen LogP contribution in [0.25, 0.3) is 22.3 Å². The van der Waals surface area contributed by atoms with Crippen molar-refractivity contribution in [2.45, 2.75) is 18.8 Å². The van der Waals surface area contributed by atoms with E-state index in [4.69, 9.17) is 4.42 Å². The molecule has 0 radical (unpaired) electrons. The summed E-state index contributed by atoms with van der Waals surface area (Å²) in [5, 5.41) is 3.53. The molecule has 1 N–H and O–H groups in total. The molecule has 31 heavy (non-hydrogen) atoms. The van der Waals surface area contributed by atoms with Gasteiger partial charge < -0.3 is 18.9 Å². The summed E-state index contributed by atoms with van der Waals surface area (Å²) >= 11 is 1.64. The lowest BCUT2D eigenvalue weighted by Crippen LogP contribution is -2.31. The SMILES string of the molecule is CNC(=O)c1c(-c2ccc(F)cc2)oc2cc(N(C)SC)c([C@@H]3CCCN(C)C3)cc12. The summed E-state index contributed by atoms with van der Waals surface area (Å²) in [5.41, 5.74) is 4.15. The highest BCUT2D eigenvalue weighted by atomic mass is 32.2. The van der Waals surface area contributed by atoms with E-state index in [1.54, 1.807) is 31.1 Å². The van der Waals surface area contributed by atoms with Crippen LogP contribution in [0.1, 0.15) is 34.7 Å². The lowest BCUT2D eigenvalue weighted by molar-refractivity contribution is 0.0964. The molecule has 7 heteroatoms. The van der Waals surface area contributed by atoms with Gasteiger partial charge in [0.2, 0.25) is 0 Å². The Morgan fingerprint density at radius 2 is 2.03 bits per heavy atom. The number of rotatable bonds is 5. The first-order chi connectivity index (χ1) is 14.9. The van der Waals surface area contributed by atoms with E-state index in [1.165, 1.54) is 17.7 Å². The van der Waals surface area contributed by atoms with Gasteiger partial charge in [0, 0.05) is 43.9 Å². The van der Waals surface area contributed by atoms with Gasteiger partial charge in [-0.05, 0) is 68.2 Å². The first kappa shape index (κ1) is 21.7. The minimum Gasteiger partial charge on any atom is -0.455 e. The van der Waals surface area contributed by atoms with Crippen LogP contribution >= 0.6 is 11.9 Å². The summed E-state index contributed by atoms with van der Waals surface area (Å²) in [6.07, 6.45) is 4.31. The normalized spacial score (nSPS) is 17.1. The number of halogens is 1. The molecule has 4 rings (SSSR count). The zero-order chi connectivity index (χ0) is 22.1. The van der Waals surface area contributed by atoms with Crippen molar-refractivity contribution in [2.24, 2.45) is 0 Å². The van der Waals surface area contributed by atoms with Crippen LogP contribution in [0.4, 0.5) is 10.1 Å². The number of hydrogen-bond donors (Lipinski definition) is 1. The summed E-state index contributed by atoms with van der Waals surface area (Å²) in [6.45, 7) is 2.09. The Hall–Kier alpha value is -2.51. The zero-order valence-corrected chi connectivity index (χ0v) is 19.2. The maximum Gasteiger partial charge on any atom is 0.255 e. The number of nitrogens with zero attached hydrogens (tertiary/aromatic N) is 2. The van der Waals surface area contributed by atoms with Crippen molar-refractivity contribution in [3.05, 3.63) is 53.3 Å². The minimum atomic E-state index is -0.325. The van der Waals surface area contributed by atoms with Gasteiger partial charge in [0.15, 0.2) is 0 Å². The third kappa shape index (κ3) is 4.16. The van der Waals surface area contributed by atoms with E-state index in [0.717, 1.165) is 37.0 Å². The topological polar surface area (TPSA) is 48.7 Å². The average molecular weight is 442 g/mol. The first-order valence-corrected chi connectivity index (χ1v) is 11.7. The Kier molecular flexibility index (Phi) is 6.25. The van der Waals surface area contributed by atoms with Gasteiger partial charge in [-0.15, -0.1) is 0 Å². The van der Waals surface area contributed by atoms with Gasteiger partial charge in [0.25, 0.3) is 5.91 Å². The molecule has 1 saturated heterocycles. The first-order valence-electron chi connectivity index (χ1n) is 10.5. The quantitative estimate of drug-likeness (QED) is 0.557. The number of likely N-dealkylation sites (tertiary alicyclic amines) is 1. The van der Waals surface area contributed by atoms with E-state index in [2.05, 4.69) is 27.6 Å². The number of anilines is 1. The fourth-order valence-electron chi connectivity index (χ4n) is 4.42. The predicted molar refractivity (Wildman–Crippen MR) is 126 cm³/mol. The number of likely N-dealkylation sites (N-methyl/N-ethyl adjacent to an activating group) is 1. The summed E-state index contributed by atoms with van der Waals surface area (Å²) in [5.74, 6) is 0.309. The number of piperidine rings is 1. The minimum absolute atomic E-state index is 0.212. The average Bonchev–Trinajstić information content (AvgIpc) is 3.16. The molecule has 1 fully saturated rings. The van der Waals surface area contributed by atoms with Crippen LogP contribution in [0, 0.1) is 5.82 Å². The van der Waals surface area contributed by atoms with Crippen LogP contribution in [0.15, 0.2) is 40.8 Å². The maximum atomic E-state index is 13.5. The Bertz CT molecular complexity index is 1100. The molecule has 3 aromatic rings. The fraction of sp³-hybridized carbons (Fsp3) is 0.375. The Labute approximate surface area is 186 Å². The largest absolute Gasteiger partial charge is 0.455 e. The molecule has 0 bridgehead atoms. The van der Waals surface area contributed by atoms with Crippen LogP contribution in [0.3, 0.4) is 0 Å². The van der Waals surface area contributed by atoms with E-state index in [-0.39, 0.29) is 11.7 Å². The van der Waals surface area contributed by atoms with E-state index in [1.807, 2.05) is 19.4 Å². The lowest BCUT2D eigenvalue weighted by atomic mass is 9.88. The number of benzene rings is 2. The van der Waals surface area contributed by atoms with Gasteiger partial charge in [-0.2, -0.15) is 0 Å². The molecular weight excluding hydrogens is 413 g/mol. The van der Waals surface area contributed by atoms with Crippen molar-refractivity contribution in [2.75, 3.05) is 44.8 Å². The van der Waals surface area contributed by atoms with E-state index in [9.17, 15) is 9.18 Å². The fourth-order valence-corrected chi connectivity index (χ4v) is 4.78. The van der Waals surface area contributed by atoms with Gasteiger partial charge in [0.05, 0.1) is 11.3 Å². The van der Waals surface area contributed by atoms with Crippen molar-refractivity contribution >= 4 is 34.5 Å². The van der Waals surface area contributed by atoms with Crippen LogP contribution < -0.4 is 9.62 Å². The number of amides is 1. The second-order valence-electron chi connectivity index (χ2n) is 8.08. The highest BCUT2D eigenvalue weighted by Crippen LogP contribution is 2.42. The molecule has 0 saturated carbocycles. The summed E-state index contributed by atoms with van der Waals surface area (Å²) in [4.78, 5) is 15.3. The number of fused-ring (bicyclic) bond motifs is 1. The maximum absolute atomic E-state index is 13.5. The van der Waals surface area contributed by atoms with Gasteiger partial charge >= 0.3 is 0 Å². The van der Waals surface area contributed by atoms with E-state index < -0.39 is 0 Å². The zero-order valence-electron chi connectivity index (χ0n) is 18.4. The van der Waals surface area contributed by atoms with Crippen molar-refractivity contribution in [3.63, 3.8) is 0 Å². The summed E-state index contributed by atoms with van der Waals surface area (Å²) < 4.78 is 21.8. The van der Waals surface area contributed by atoms with Gasteiger partial charge in [-0.25, -0.2) is 4.39 Å². The smallest absolute Gasteiger partial charge is 0.255 e. The number of carbonyl (C=O) groups is 1. The molecule has 0 aliphatic carbocycles. The third-order valence-corrected chi connectivity index (χ3v) is 6.82. The molecule has 1 aliphatic heterocycles. The van der Waals surface area contributed by atoms with Gasteiger partial charge in [-0.3, -0.25) is 4.79 Å². The second-order valence-corrected chi connectivity index (χ2v) is 8.99. The van der Waals surface area contributed by atoms with E-state index >= 15 is 0 Å². The number of hydrogen-bond acceptors (Lipinski definition) is 5. The van der Waals surface area contributed by atoms with Gasteiger partial charge in [0.1, 0.15) is 17.2 Å². The van der Waals surface area contributed by atoms with Crippen LogP contribution in [-0.2, 0) is 0 Å². The molecule has 0 spiro atoms. The van der Waals surface area contributed by atoms with Crippen LogP contribution in [0.5, 0.6) is 0 Å². The number of carbonyl (C=O) groups excluding carboxylic acids is 1.